The molecule has 0 heterocycles. The molecule has 0 fully saturated rings. The molecule has 7 heteroatoms. The van der Waals surface area contributed by atoms with Crippen molar-refractivity contribution in [1.29, 1.82) is 5.26 Å². The Bertz CT molecular complexity index is 1160. The molecule has 1 N–H and O–H groups in total. The Morgan fingerprint density at radius 2 is 1.94 bits per heavy atom. The summed E-state index contributed by atoms with van der Waals surface area (Å²) in [7, 11) is 1.56. The topological polar surface area (TPSA) is 71.3 Å². The van der Waals surface area contributed by atoms with Gasteiger partial charge in [0.05, 0.1) is 10.7 Å². The second-order valence-electron chi connectivity index (χ2n) is 6.44. The minimum atomic E-state index is -0.487. The highest BCUT2D eigenvalue weighted by Gasteiger charge is 2.14. The van der Waals surface area contributed by atoms with Crippen molar-refractivity contribution in [3.8, 4) is 17.6 Å². The number of nitriles is 1. The summed E-state index contributed by atoms with van der Waals surface area (Å²) in [5.41, 5.74) is 2.28. The molecule has 0 saturated carbocycles. The number of hydrogen-bond donors (Lipinski definition) is 1. The van der Waals surface area contributed by atoms with Crippen molar-refractivity contribution >= 4 is 56.2 Å². The van der Waals surface area contributed by atoms with Crippen LogP contribution in [0.25, 0.3) is 6.08 Å². The molecule has 0 radical (unpaired) electrons. The maximum absolute atomic E-state index is 12.6. The number of carbonyl (C=O) groups excluding carboxylic acids is 1. The van der Waals surface area contributed by atoms with E-state index in [1.54, 1.807) is 31.4 Å². The predicted octanol–water partition coefficient (Wildman–Crippen LogP) is 6.19. The molecular formula is C24H18BrIN2O3. The molecule has 0 spiro atoms. The Hall–Kier alpha value is -2.83. The van der Waals surface area contributed by atoms with Gasteiger partial charge in [0.1, 0.15) is 18.2 Å². The number of halogens is 2. The first-order valence-corrected chi connectivity index (χ1v) is 11.1. The zero-order chi connectivity index (χ0) is 22.2. The number of hydrogen-bond acceptors (Lipinski definition) is 4. The van der Waals surface area contributed by atoms with Crippen LogP contribution >= 0.6 is 38.5 Å². The average molecular weight is 589 g/mol. The highest BCUT2D eigenvalue weighted by atomic mass is 127. The lowest BCUT2D eigenvalue weighted by Crippen LogP contribution is -2.13. The summed E-state index contributed by atoms with van der Waals surface area (Å²) in [6.07, 6.45) is 1.53. The van der Waals surface area contributed by atoms with Crippen LogP contribution in [0.5, 0.6) is 11.5 Å². The molecule has 0 aliphatic rings. The van der Waals surface area contributed by atoms with Crippen molar-refractivity contribution < 1.29 is 14.3 Å². The lowest BCUT2D eigenvalue weighted by Gasteiger charge is -2.14. The van der Waals surface area contributed by atoms with E-state index in [9.17, 15) is 10.1 Å². The molecule has 0 aliphatic carbocycles. The van der Waals surface area contributed by atoms with E-state index in [0.29, 0.717) is 29.4 Å². The molecule has 0 saturated heterocycles. The fourth-order valence-corrected chi connectivity index (χ4v) is 3.95. The number of carbonyl (C=O) groups is 1. The van der Waals surface area contributed by atoms with E-state index in [0.717, 1.165) is 13.6 Å². The largest absolute Gasteiger partial charge is 0.493 e. The summed E-state index contributed by atoms with van der Waals surface area (Å²) in [5.74, 6) is 0.652. The third-order valence-electron chi connectivity index (χ3n) is 4.24. The van der Waals surface area contributed by atoms with Gasteiger partial charge in [0, 0.05) is 10.2 Å². The monoisotopic (exact) mass is 588 g/mol. The quantitative estimate of drug-likeness (QED) is 0.203. The van der Waals surface area contributed by atoms with Crippen LogP contribution in [-0.2, 0) is 11.4 Å². The summed E-state index contributed by atoms with van der Waals surface area (Å²) in [4.78, 5) is 12.6. The Morgan fingerprint density at radius 1 is 1.16 bits per heavy atom. The molecule has 5 nitrogen and oxygen atoms in total. The summed E-state index contributed by atoms with van der Waals surface area (Å²) in [6.45, 7) is 0.404. The van der Waals surface area contributed by atoms with Gasteiger partial charge >= 0.3 is 0 Å². The van der Waals surface area contributed by atoms with Crippen LogP contribution in [0.1, 0.15) is 11.1 Å². The Kier molecular flexibility index (Phi) is 8.09. The number of nitrogens with zero attached hydrogens (tertiary/aromatic N) is 1. The fourth-order valence-electron chi connectivity index (χ4n) is 2.77. The molecular weight excluding hydrogens is 571 g/mol. The van der Waals surface area contributed by atoms with Crippen molar-refractivity contribution in [3.05, 3.63) is 91.5 Å². The van der Waals surface area contributed by atoms with E-state index in [2.05, 4.69) is 43.8 Å². The number of amides is 1. The zero-order valence-corrected chi connectivity index (χ0v) is 20.3. The van der Waals surface area contributed by atoms with Crippen LogP contribution in [0.2, 0.25) is 0 Å². The number of methoxy groups -OCH3 is 1. The number of rotatable bonds is 7. The molecule has 3 rings (SSSR count). The lowest BCUT2D eigenvalue weighted by molar-refractivity contribution is -0.112. The third kappa shape index (κ3) is 6.32. The number of ether oxygens (including phenoxy) is 2. The fraction of sp³-hybridized carbons (Fsp3) is 0.0833. The van der Waals surface area contributed by atoms with Crippen LogP contribution in [0.4, 0.5) is 5.69 Å². The number of nitrogens with one attached hydrogen (secondary N) is 1. The molecule has 156 valence electrons. The SMILES string of the molecule is COc1cc(/C=C(/C#N)C(=O)Nc2cccc(Br)c2)cc(I)c1OCc1ccccc1. The van der Waals surface area contributed by atoms with Crippen molar-refractivity contribution in [2.24, 2.45) is 0 Å². The van der Waals surface area contributed by atoms with E-state index in [4.69, 9.17) is 9.47 Å². The molecule has 3 aromatic carbocycles. The Balaban J connectivity index is 1.82. The second-order valence-corrected chi connectivity index (χ2v) is 8.52. The van der Waals surface area contributed by atoms with Crippen molar-refractivity contribution in [3.63, 3.8) is 0 Å². The normalized spacial score (nSPS) is 10.8. The van der Waals surface area contributed by atoms with Gasteiger partial charge in [-0.05, 0) is 70.1 Å². The summed E-state index contributed by atoms with van der Waals surface area (Å²) in [6, 6.07) is 22.6. The van der Waals surface area contributed by atoms with Gasteiger partial charge in [-0.2, -0.15) is 5.26 Å². The van der Waals surface area contributed by atoms with Gasteiger partial charge in [-0.25, -0.2) is 0 Å². The molecule has 3 aromatic rings. The molecule has 0 bridgehead atoms. The van der Waals surface area contributed by atoms with Gasteiger partial charge in [0.15, 0.2) is 11.5 Å². The minimum absolute atomic E-state index is 0.0178. The molecule has 0 unspecified atom stereocenters. The van der Waals surface area contributed by atoms with E-state index in [-0.39, 0.29) is 5.57 Å². The zero-order valence-electron chi connectivity index (χ0n) is 16.6. The number of benzene rings is 3. The predicted molar refractivity (Wildman–Crippen MR) is 133 cm³/mol. The molecule has 0 aliphatic heterocycles. The van der Waals surface area contributed by atoms with E-state index >= 15 is 0 Å². The molecule has 1 amide bonds. The summed E-state index contributed by atoms with van der Waals surface area (Å²) >= 11 is 5.51. The van der Waals surface area contributed by atoms with Gasteiger partial charge in [-0.1, -0.05) is 52.3 Å². The van der Waals surface area contributed by atoms with Crippen LogP contribution < -0.4 is 14.8 Å². The van der Waals surface area contributed by atoms with Crippen LogP contribution in [0.15, 0.2) is 76.8 Å². The van der Waals surface area contributed by atoms with Crippen molar-refractivity contribution in [1.82, 2.24) is 0 Å². The van der Waals surface area contributed by atoms with Crippen molar-refractivity contribution in [2.75, 3.05) is 12.4 Å². The van der Waals surface area contributed by atoms with E-state index < -0.39 is 5.91 Å². The van der Waals surface area contributed by atoms with Gasteiger partial charge < -0.3 is 14.8 Å². The lowest BCUT2D eigenvalue weighted by atomic mass is 10.1. The van der Waals surface area contributed by atoms with E-state index in [1.165, 1.54) is 6.08 Å². The molecule has 0 atom stereocenters. The molecule has 0 aromatic heterocycles. The maximum Gasteiger partial charge on any atom is 0.266 e. The van der Waals surface area contributed by atoms with Crippen LogP contribution in [0, 0.1) is 14.9 Å². The summed E-state index contributed by atoms with van der Waals surface area (Å²) in [5, 5.41) is 12.2. The van der Waals surface area contributed by atoms with Crippen LogP contribution in [0.3, 0.4) is 0 Å². The average Bonchev–Trinajstić information content (AvgIpc) is 2.77. The first-order chi connectivity index (χ1) is 15.0. The number of anilines is 1. The van der Waals surface area contributed by atoms with E-state index in [1.807, 2.05) is 48.5 Å². The molecule has 31 heavy (non-hydrogen) atoms. The first-order valence-electron chi connectivity index (χ1n) is 9.23. The van der Waals surface area contributed by atoms with Gasteiger partial charge in [-0.15, -0.1) is 0 Å². The highest BCUT2D eigenvalue weighted by Crippen LogP contribution is 2.35. The van der Waals surface area contributed by atoms with Gasteiger partial charge in [0.2, 0.25) is 0 Å². The first kappa shape index (κ1) is 22.8. The van der Waals surface area contributed by atoms with Crippen molar-refractivity contribution in [2.45, 2.75) is 6.61 Å². The highest BCUT2D eigenvalue weighted by molar-refractivity contribution is 14.1. The van der Waals surface area contributed by atoms with Gasteiger partial charge in [-0.3, -0.25) is 4.79 Å². The van der Waals surface area contributed by atoms with Crippen LogP contribution in [-0.4, -0.2) is 13.0 Å². The Labute approximate surface area is 203 Å². The van der Waals surface area contributed by atoms with Gasteiger partial charge in [0.25, 0.3) is 5.91 Å². The smallest absolute Gasteiger partial charge is 0.266 e. The minimum Gasteiger partial charge on any atom is -0.493 e. The Morgan fingerprint density at radius 3 is 2.61 bits per heavy atom. The third-order valence-corrected chi connectivity index (χ3v) is 5.53. The standard InChI is InChI=1S/C24H18BrIN2O3/c1-30-22-12-17(11-21(26)23(22)31-15-16-6-3-2-4-7-16)10-18(14-27)24(29)28-20-9-5-8-19(25)13-20/h2-13H,15H2,1H3,(H,28,29)/b18-10-. The second kappa shape index (κ2) is 11.0. The maximum atomic E-state index is 12.6. The summed E-state index contributed by atoms with van der Waals surface area (Å²) < 4.78 is 13.1.